The summed E-state index contributed by atoms with van der Waals surface area (Å²) in [5, 5.41) is 10.2. The first kappa shape index (κ1) is 12.3. The van der Waals surface area contributed by atoms with Crippen LogP contribution in [0.2, 0.25) is 0 Å². The number of aliphatic hydroxyl groups is 1. The Bertz CT molecular complexity index is 373. The van der Waals surface area contributed by atoms with Crippen molar-refractivity contribution in [3.05, 3.63) is 18.1 Å². The lowest BCUT2D eigenvalue weighted by Gasteiger charge is -2.20. The van der Waals surface area contributed by atoms with E-state index in [2.05, 4.69) is 9.97 Å². The van der Waals surface area contributed by atoms with E-state index in [1.807, 2.05) is 6.92 Å². The number of aromatic nitrogens is 2. The summed E-state index contributed by atoms with van der Waals surface area (Å²) in [5.74, 6) is 0.717. The Morgan fingerprint density at radius 2 is 2.41 bits per heavy atom. The van der Waals surface area contributed by atoms with Crippen molar-refractivity contribution in [2.45, 2.75) is 32.0 Å². The quantitative estimate of drug-likeness (QED) is 0.841. The minimum Gasteiger partial charge on any atom is -0.481 e. The summed E-state index contributed by atoms with van der Waals surface area (Å²) in [4.78, 5) is 8.07. The molecule has 0 spiro atoms. The van der Waals surface area contributed by atoms with E-state index in [-0.39, 0.29) is 12.0 Å². The highest BCUT2D eigenvalue weighted by molar-refractivity contribution is 5.14. The number of aliphatic hydroxyl groups excluding tert-OH is 1. The van der Waals surface area contributed by atoms with E-state index >= 15 is 0 Å². The van der Waals surface area contributed by atoms with Crippen molar-refractivity contribution in [1.29, 1.82) is 0 Å². The van der Waals surface area contributed by atoms with Gasteiger partial charge in [0.25, 0.3) is 0 Å². The molecule has 0 amide bonds. The molecule has 1 saturated heterocycles. The zero-order valence-corrected chi connectivity index (χ0v) is 10.2. The van der Waals surface area contributed by atoms with E-state index in [1.165, 1.54) is 6.33 Å². The lowest BCUT2D eigenvalue weighted by atomic mass is 9.93. The highest BCUT2D eigenvalue weighted by Gasteiger charge is 2.30. The lowest BCUT2D eigenvalue weighted by molar-refractivity contribution is 0.0436. The minimum atomic E-state index is -0.424. The molecular formula is C12H18N2O3. The maximum atomic E-state index is 10.2. The molecule has 0 aliphatic carbocycles. The lowest BCUT2D eigenvalue weighted by Crippen LogP contribution is -2.28. The van der Waals surface area contributed by atoms with Gasteiger partial charge in [-0.25, -0.2) is 9.97 Å². The normalized spacial score (nSPS) is 25.8. The van der Waals surface area contributed by atoms with Crippen LogP contribution >= 0.6 is 0 Å². The fraction of sp³-hybridized carbons (Fsp3) is 0.667. The molecule has 0 saturated carbocycles. The van der Waals surface area contributed by atoms with Crippen LogP contribution in [0.15, 0.2) is 12.4 Å². The number of hydrogen-bond acceptors (Lipinski definition) is 5. The summed E-state index contributed by atoms with van der Waals surface area (Å²) in [5.41, 5.74) is 0.795. The Morgan fingerprint density at radius 1 is 1.59 bits per heavy atom. The second-order valence-electron chi connectivity index (χ2n) is 4.35. The third kappa shape index (κ3) is 2.92. The van der Waals surface area contributed by atoms with E-state index in [4.69, 9.17) is 9.47 Å². The molecule has 1 fully saturated rings. The Kier molecular flexibility index (Phi) is 3.91. The molecule has 1 N–H and O–H groups in total. The number of ether oxygens (including phenoxy) is 2. The van der Waals surface area contributed by atoms with Crippen molar-refractivity contribution >= 4 is 0 Å². The molecule has 2 rings (SSSR count). The van der Waals surface area contributed by atoms with Crippen LogP contribution in [0.5, 0.6) is 5.88 Å². The van der Waals surface area contributed by atoms with Gasteiger partial charge in [-0.15, -0.1) is 0 Å². The zero-order valence-electron chi connectivity index (χ0n) is 10.2. The minimum absolute atomic E-state index is 0.119. The highest BCUT2D eigenvalue weighted by atomic mass is 16.5. The van der Waals surface area contributed by atoms with E-state index in [9.17, 15) is 5.11 Å². The van der Waals surface area contributed by atoms with Crippen molar-refractivity contribution in [3.63, 3.8) is 0 Å². The van der Waals surface area contributed by atoms with Gasteiger partial charge < -0.3 is 14.6 Å². The first-order valence-electron chi connectivity index (χ1n) is 5.85. The summed E-state index contributed by atoms with van der Waals surface area (Å²) in [7, 11) is 1.56. The first-order chi connectivity index (χ1) is 8.20. The van der Waals surface area contributed by atoms with Gasteiger partial charge in [0.1, 0.15) is 6.33 Å². The van der Waals surface area contributed by atoms with Gasteiger partial charge in [-0.3, -0.25) is 0 Å². The van der Waals surface area contributed by atoms with Gasteiger partial charge in [-0.05, 0) is 13.3 Å². The zero-order chi connectivity index (χ0) is 12.3. The summed E-state index contributed by atoms with van der Waals surface area (Å²) in [6.45, 7) is 2.73. The molecule has 0 radical (unpaired) electrons. The fourth-order valence-electron chi connectivity index (χ4n) is 2.22. The predicted molar refractivity (Wildman–Crippen MR) is 61.8 cm³/mol. The summed E-state index contributed by atoms with van der Waals surface area (Å²) in [6.07, 6.45) is 2.57. The molecule has 17 heavy (non-hydrogen) atoms. The van der Waals surface area contributed by atoms with E-state index in [0.29, 0.717) is 12.3 Å². The smallest absolute Gasteiger partial charge is 0.216 e. The summed E-state index contributed by atoms with van der Waals surface area (Å²) in [6, 6.07) is 1.75. The van der Waals surface area contributed by atoms with Crippen LogP contribution in [0.4, 0.5) is 0 Å². The van der Waals surface area contributed by atoms with Crippen LogP contribution in [0, 0.1) is 5.92 Å². The predicted octanol–water partition coefficient (Wildman–Crippen LogP) is 0.814. The van der Waals surface area contributed by atoms with Gasteiger partial charge in [0.15, 0.2) is 0 Å². The van der Waals surface area contributed by atoms with Gasteiger partial charge in [0.2, 0.25) is 5.88 Å². The second-order valence-corrected chi connectivity index (χ2v) is 4.35. The largest absolute Gasteiger partial charge is 0.481 e. The van der Waals surface area contributed by atoms with Crippen molar-refractivity contribution in [3.8, 4) is 5.88 Å². The summed E-state index contributed by atoms with van der Waals surface area (Å²) < 4.78 is 10.5. The average molecular weight is 238 g/mol. The molecule has 3 unspecified atom stereocenters. The van der Waals surface area contributed by atoms with Crippen LogP contribution in [0.3, 0.4) is 0 Å². The number of methoxy groups -OCH3 is 1. The molecule has 3 atom stereocenters. The monoisotopic (exact) mass is 238 g/mol. The van der Waals surface area contributed by atoms with Gasteiger partial charge >= 0.3 is 0 Å². The molecule has 5 heteroatoms. The number of rotatable bonds is 4. The van der Waals surface area contributed by atoms with Crippen LogP contribution < -0.4 is 4.74 Å². The Balaban J connectivity index is 1.99. The molecule has 1 aliphatic heterocycles. The van der Waals surface area contributed by atoms with Crippen molar-refractivity contribution in [2.24, 2.45) is 5.92 Å². The van der Waals surface area contributed by atoms with E-state index < -0.39 is 6.10 Å². The SMILES string of the molecule is COc1cc(CC(O)C2CCOC2C)ncn1. The molecule has 0 bridgehead atoms. The maximum absolute atomic E-state index is 10.2. The fourth-order valence-corrected chi connectivity index (χ4v) is 2.22. The van der Waals surface area contributed by atoms with Gasteiger partial charge in [0.05, 0.1) is 25.0 Å². The third-order valence-electron chi connectivity index (χ3n) is 3.26. The molecule has 2 heterocycles. The molecule has 5 nitrogen and oxygen atoms in total. The van der Waals surface area contributed by atoms with Crippen LogP contribution in [-0.4, -0.2) is 41.0 Å². The highest BCUT2D eigenvalue weighted by Crippen LogP contribution is 2.25. The third-order valence-corrected chi connectivity index (χ3v) is 3.26. The van der Waals surface area contributed by atoms with Gasteiger partial charge in [-0.2, -0.15) is 0 Å². The van der Waals surface area contributed by atoms with E-state index in [0.717, 1.165) is 18.7 Å². The van der Waals surface area contributed by atoms with Crippen molar-refractivity contribution in [2.75, 3.05) is 13.7 Å². The number of nitrogens with zero attached hydrogens (tertiary/aromatic N) is 2. The standard InChI is InChI=1S/C12H18N2O3/c1-8-10(3-4-17-8)11(15)5-9-6-12(16-2)14-7-13-9/h6-8,10-11,15H,3-5H2,1-2H3. The first-order valence-corrected chi connectivity index (χ1v) is 5.85. The molecule has 1 aliphatic rings. The van der Waals surface area contributed by atoms with Gasteiger partial charge in [-0.1, -0.05) is 0 Å². The van der Waals surface area contributed by atoms with Gasteiger partial charge in [0, 0.05) is 25.0 Å². The van der Waals surface area contributed by atoms with E-state index in [1.54, 1.807) is 13.2 Å². The Hall–Kier alpha value is -1.20. The Labute approximate surface area is 101 Å². The molecule has 0 aromatic carbocycles. The molecular weight excluding hydrogens is 220 g/mol. The maximum Gasteiger partial charge on any atom is 0.216 e. The van der Waals surface area contributed by atoms with Crippen LogP contribution in [0.25, 0.3) is 0 Å². The second kappa shape index (κ2) is 5.42. The van der Waals surface area contributed by atoms with Crippen LogP contribution in [-0.2, 0) is 11.2 Å². The van der Waals surface area contributed by atoms with Crippen LogP contribution in [0.1, 0.15) is 19.0 Å². The topological polar surface area (TPSA) is 64.5 Å². The van der Waals surface area contributed by atoms with Crippen molar-refractivity contribution < 1.29 is 14.6 Å². The Morgan fingerprint density at radius 3 is 3.06 bits per heavy atom. The average Bonchev–Trinajstić information content (AvgIpc) is 2.76. The molecule has 94 valence electrons. The molecule has 1 aromatic heterocycles. The number of hydrogen-bond donors (Lipinski definition) is 1. The molecule has 1 aromatic rings. The van der Waals surface area contributed by atoms with Crippen molar-refractivity contribution in [1.82, 2.24) is 9.97 Å². The summed E-state index contributed by atoms with van der Waals surface area (Å²) >= 11 is 0.